The van der Waals surface area contributed by atoms with Crippen molar-refractivity contribution in [3.63, 3.8) is 0 Å². The topological polar surface area (TPSA) is 37.4 Å². The van der Waals surface area contributed by atoms with Crippen molar-refractivity contribution in [2.45, 2.75) is 11.7 Å². The van der Waals surface area contributed by atoms with Gasteiger partial charge in [0.2, 0.25) is 0 Å². The Morgan fingerprint density at radius 2 is 1.57 bits per heavy atom. The van der Waals surface area contributed by atoms with Crippen LogP contribution in [0.3, 0.4) is 0 Å². The molecule has 0 radical (unpaired) electrons. The van der Waals surface area contributed by atoms with Gasteiger partial charge < -0.3 is 4.90 Å². The van der Waals surface area contributed by atoms with Crippen molar-refractivity contribution in [3.05, 3.63) is 65.8 Å². The van der Waals surface area contributed by atoms with Gasteiger partial charge in [0, 0.05) is 12.6 Å². The summed E-state index contributed by atoms with van der Waals surface area (Å²) in [4.78, 5) is 24.7. The van der Waals surface area contributed by atoms with Crippen LogP contribution in [0.5, 0.6) is 0 Å². The summed E-state index contributed by atoms with van der Waals surface area (Å²) < 4.78 is 40.5. The van der Waals surface area contributed by atoms with E-state index in [-0.39, 0.29) is 11.4 Å². The first-order valence-corrected chi connectivity index (χ1v) is 6.85. The van der Waals surface area contributed by atoms with Gasteiger partial charge in [-0.1, -0.05) is 30.3 Å². The summed E-state index contributed by atoms with van der Waals surface area (Å²) in [6.07, 6.45) is 0.268. The van der Waals surface area contributed by atoms with Crippen molar-refractivity contribution < 1.29 is 22.8 Å². The predicted molar refractivity (Wildman–Crippen MR) is 78.2 cm³/mol. The lowest BCUT2D eigenvalue weighted by atomic mass is 9.81. The van der Waals surface area contributed by atoms with E-state index >= 15 is 0 Å². The normalized spacial score (nSPS) is 20.1. The molecule has 2 aliphatic rings. The molecule has 0 N–H and O–H groups in total. The fraction of sp³-hybridized carbons (Fsp3) is 0.176. The second-order valence-electron chi connectivity index (χ2n) is 5.37. The average molecular weight is 319 g/mol. The van der Waals surface area contributed by atoms with E-state index in [4.69, 9.17) is 0 Å². The number of ketones is 1. The maximum Gasteiger partial charge on any atom is 0.422 e. The Morgan fingerprint density at radius 3 is 2.09 bits per heavy atom. The van der Waals surface area contributed by atoms with Crippen LogP contribution in [0.1, 0.15) is 5.56 Å². The summed E-state index contributed by atoms with van der Waals surface area (Å²) in [5.74, 6) is -1.44. The zero-order valence-corrected chi connectivity index (χ0v) is 12.1. The molecule has 0 atom stereocenters. The first-order valence-electron chi connectivity index (χ1n) is 6.85. The zero-order valence-electron chi connectivity index (χ0n) is 12.1. The Kier molecular flexibility index (Phi) is 3.28. The number of rotatable bonds is 1. The lowest BCUT2D eigenvalue weighted by Gasteiger charge is -2.34. The highest BCUT2D eigenvalue weighted by molar-refractivity contribution is 6.13. The predicted octanol–water partition coefficient (Wildman–Crippen LogP) is 2.91. The molecule has 1 amide bonds. The number of benzene rings is 1. The number of hydrogen-bond donors (Lipinski definition) is 0. The summed E-state index contributed by atoms with van der Waals surface area (Å²) in [6, 6.07) is 7.93. The van der Waals surface area contributed by atoms with Crippen LogP contribution in [0.4, 0.5) is 13.2 Å². The molecule has 1 spiro atoms. The van der Waals surface area contributed by atoms with Crippen LogP contribution in [-0.2, 0) is 9.59 Å². The molecule has 1 aliphatic carbocycles. The Balaban J connectivity index is 2.34. The van der Waals surface area contributed by atoms with Crippen molar-refractivity contribution in [2.75, 3.05) is 7.05 Å². The van der Waals surface area contributed by atoms with Crippen molar-refractivity contribution in [3.8, 4) is 0 Å². The molecule has 1 aromatic rings. The van der Waals surface area contributed by atoms with E-state index in [9.17, 15) is 22.8 Å². The minimum absolute atomic E-state index is 0.155. The molecule has 1 aromatic carbocycles. The van der Waals surface area contributed by atoms with Crippen LogP contribution in [0, 0.1) is 0 Å². The smallest absolute Gasteiger partial charge is 0.325 e. The van der Waals surface area contributed by atoms with Crippen molar-refractivity contribution in [1.29, 1.82) is 0 Å². The lowest BCUT2D eigenvalue weighted by Crippen LogP contribution is -2.43. The number of carbonyl (C=O) groups is 2. The van der Waals surface area contributed by atoms with Crippen LogP contribution < -0.4 is 0 Å². The monoisotopic (exact) mass is 319 g/mol. The van der Waals surface area contributed by atoms with Gasteiger partial charge in [-0.25, -0.2) is 0 Å². The third-order valence-electron chi connectivity index (χ3n) is 4.07. The SMILES string of the molecule is CN1C(=O)C(C(F)(F)F)=C(c2ccccc2)C12C=CC(=O)C=C2. The molecular weight excluding hydrogens is 307 g/mol. The summed E-state index contributed by atoms with van der Waals surface area (Å²) in [5, 5.41) is 0. The van der Waals surface area contributed by atoms with Gasteiger partial charge in [0.05, 0.1) is 0 Å². The van der Waals surface area contributed by atoms with E-state index in [2.05, 4.69) is 0 Å². The molecule has 0 aromatic heterocycles. The average Bonchev–Trinajstić information content (AvgIpc) is 2.73. The van der Waals surface area contributed by atoms with Crippen LogP contribution in [-0.4, -0.2) is 35.4 Å². The Bertz CT molecular complexity index is 757. The van der Waals surface area contributed by atoms with Crippen LogP contribution in [0.15, 0.2) is 60.2 Å². The summed E-state index contributed by atoms with van der Waals surface area (Å²) in [7, 11) is 1.30. The molecule has 3 rings (SSSR count). The molecule has 0 fully saturated rings. The lowest BCUT2D eigenvalue weighted by molar-refractivity contribution is -0.137. The van der Waals surface area contributed by atoms with Gasteiger partial charge in [0.1, 0.15) is 11.1 Å². The minimum Gasteiger partial charge on any atom is -0.325 e. The highest BCUT2D eigenvalue weighted by Crippen LogP contribution is 2.49. The second kappa shape index (κ2) is 4.94. The molecule has 6 heteroatoms. The van der Waals surface area contributed by atoms with E-state index in [1.54, 1.807) is 18.2 Å². The first kappa shape index (κ1) is 15.3. The van der Waals surface area contributed by atoms with E-state index in [0.29, 0.717) is 5.56 Å². The van der Waals surface area contributed by atoms with Crippen molar-refractivity contribution in [2.24, 2.45) is 0 Å². The van der Waals surface area contributed by atoms with E-state index in [1.165, 1.54) is 43.5 Å². The Labute approximate surface area is 130 Å². The fourth-order valence-corrected chi connectivity index (χ4v) is 2.97. The fourth-order valence-electron chi connectivity index (χ4n) is 2.97. The largest absolute Gasteiger partial charge is 0.422 e. The molecule has 0 unspecified atom stereocenters. The molecule has 23 heavy (non-hydrogen) atoms. The van der Waals surface area contributed by atoms with Gasteiger partial charge in [-0.15, -0.1) is 0 Å². The molecule has 118 valence electrons. The van der Waals surface area contributed by atoms with E-state index < -0.39 is 23.2 Å². The summed E-state index contributed by atoms with van der Waals surface area (Å²) in [6.45, 7) is 0. The van der Waals surface area contributed by atoms with Gasteiger partial charge >= 0.3 is 6.18 Å². The van der Waals surface area contributed by atoms with Crippen molar-refractivity contribution in [1.82, 2.24) is 4.90 Å². The number of nitrogens with zero attached hydrogens (tertiary/aromatic N) is 1. The number of allylic oxidation sites excluding steroid dienone is 2. The van der Waals surface area contributed by atoms with E-state index in [1.807, 2.05) is 0 Å². The molecule has 1 aliphatic heterocycles. The van der Waals surface area contributed by atoms with Crippen LogP contribution in [0.2, 0.25) is 0 Å². The molecule has 1 heterocycles. The number of alkyl halides is 3. The van der Waals surface area contributed by atoms with Gasteiger partial charge in [0.15, 0.2) is 5.78 Å². The Morgan fingerprint density at radius 1 is 1.00 bits per heavy atom. The molecular formula is C17H12F3NO2. The third-order valence-corrected chi connectivity index (χ3v) is 4.07. The number of likely N-dealkylation sites (N-methyl/N-ethyl adjacent to an activating group) is 1. The number of carbonyl (C=O) groups excluding carboxylic acids is 2. The molecule has 0 saturated heterocycles. The number of halogens is 3. The zero-order chi connectivity index (χ0) is 16.8. The van der Waals surface area contributed by atoms with Crippen LogP contribution >= 0.6 is 0 Å². The van der Waals surface area contributed by atoms with Crippen LogP contribution in [0.25, 0.3) is 5.57 Å². The van der Waals surface area contributed by atoms with Gasteiger partial charge in [-0.05, 0) is 29.9 Å². The Hall–Kier alpha value is -2.63. The van der Waals surface area contributed by atoms with Crippen molar-refractivity contribution >= 4 is 17.3 Å². The van der Waals surface area contributed by atoms with Gasteiger partial charge in [-0.3, -0.25) is 9.59 Å². The molecule has 0 saturated carbocycles. The molecule has 3 nitrogen and oxygen atoms in total. The third kappa shape index (κ3) is 2.21. The highest BCUT2D eigenvalue weighted by atomic mass is 19.4. The number of hydrogen-bond acceptors (Lipinski definition) is 2. The minimum atomic E-state index is -4.79. The maximum absolute atomic E-state index is 13.5. The quantitative estimate of drug-likeness (QED) is 0.798. The van der Waals surface area contributed by atoms with E-state index in [0.717, 1.165) is 4.90 Å². The maximum atomic E-state index is 13.5. The van der Waals surface area contributed by atoms with Gasteiger partial charge in [-0.2, -0.15) is 13.2 Å². The van der Waals surface area contributed by atoms with Gasteiger partial charge in [0.25, 0.3) is 5.91 Å². The highest BCUT2D eigenvalue weighted by Gasteiger charge is 2.56. The standard InChI is InChI=1S/C17H12F3NO2/c1-21-15(23)14(17(18,19)20)13(11-5-3-2-4-6-11)16(21)9-7-12(22)8-10-16/h2-10H,1H3. The summed E-state index contributed by atoms with van der Waals surface area (Å²) >= 11 is 0. The number of amides is 1. The molecule has 0 bridgehead atoms. The summed E-state index contributed by atoms with van der Waals surface area (Å²) in [5.41, 5.74) is -2.47. The first-order chi connectivity index (χ1) is 10.8. The second-order valence-corrected chi connectivity index (χ2v) is 5.37.